The van der Waals surface area contributed by atoms with Gasteiger partial charge in [0.2, 0.25) is 0 Å². The minimum Gasteiger partial charge on any atom is -0.507 e. The van der Waals surface area contributed by atoms with Crippen molar-refractivity contribution >= 4 is 51.5 Å². The van der Waals surface area contributed by atoms with E-state index in [2.05, 4.69) is 4.98 Å². The molecule has 1 saturated heterocycles. The number of esters is 1. The van der Waals surface area contributed by atoms with Gasteiger partial charge in [0.1, 0.15) is 10.6 Å². The summed E-state index contributed by atoms with van der Waals surface area (Å²) in [5, 5.41) is 11.8. The Bertz CT molecular complexity index is 1410. The molecule has 0 spiro atoms. The Morgan fingerprint density at radius 3 is 2.46 bits per heavy atom. The summed E-state index contributed by atoms with van der Waals surface area (Å²) in [6, 6.07) is 10.1. The van der Waals surface area contributed by atoms with Gasteiger partial charge in [-0.05, 0) is 55.8 Å². The second kappa shape index (κ2) is 10.6. The molecule has 1 N–H and O–H groups in total. The average Bonchev–Trinajstić information content (AvgIpc) is 3.40. The second-order valence-corrected chi connectivity index (χ2v) is 9.34. The van der Waals surface area contributed by atoms with E-state index in [9.17, 15) is 19.5 Å². The lowest BCUT2D eigenvalue weighted by Gasteiger charge is -2.24. The number of aromatic nitrogens is 1. The molecule has 11 heteroatoms. The number of methoxy groups -OCH3 is 2. The maximum atomic E-state index is 13.4. The Hall–Kier alpha value is -3.89. The molecule has 0 saturated carbocycles. The molecule has 0 radical (unpaired) electrons. The van der Waals surface area contributed by atoms with Gasteiger partial charge in [0, 0.05) is 10.6 Å². The molecule has 3 aromatic rings. The van der Waals surface area contributed by atoms with E-state index in [1.807, 2.05) is 6.92 Å². The molecule has 1 amide bonds. The highest BCUT2D eigenvalue weighted by atomic mass is 35.5. The Morgan fingerprint density at radius 1 is 1.14 bits per heavy atom. The highest BCUT2D eigenvalue weighted by molar-refractivity contribution is 7.17. The van der Waals surface area contributed by atoms with Crippen LogP contribution in [0.1, 0.15) is 39.5 Å². The van der Waals surface area contributed by atoms with Crippen LogP contribution in [0.4, 0.5) is 5.13 Å². The molecule has 1 aliphatic rings. The fraction of sp³-hybridized carbons (Fsp3) is 0.231. The zero-order valence-electron chi connectivity index (χ0n) is 20.4. The average molecular weight is 543 g/mol. The maximum Gasteiger partial charge on any atom is 0.350 e. The van der Waals surface area contributed by atoms with Crippen LogP contribution in [0.15, 0.2) is 48.0 Å². The summed E-state index contributed by atoms with van der Waals surface area (Å²) in [6.45, 7) is 3.84. The standard InChI is InChI=1S/C26H23ClN2O7S/c1-5-36-17-11-8-15(12-18(17)34-3)20-19(21(30)14-6-9-16(27)10-7-14)22(31)24(32)29(20)26-28-13(2)23(37-26)25(33)35-4/h6-12,20,30H,5H2,1-4H3/b21-19+/t20-/m1/s1. The number of aryl methyl sites for hydroxylation is 1. The van der Waals surface area contributed by atoms with Crippen molar-refractivity contribution in [2.75, 3.05) is 25.7 Å². The van der Waals surface area contributed by atoms with Gasteiger partial charge >= 0.3 is 11.9 Å². The van der Waals surface area contributed by atoms with E-state index in [-0.39, 0.29) is 21.3 Å². The molecule has 37 heavy (non-hydrogen) atoms. The molecule has 0 aliphatic carbocycles. The Morgan fingerprint density at radius 2 is 1.84 bits per heavy atom. The third-order valence-electron chi connectivity index (χ3n) is 5.73. The minimum absolute atomic E-state index is 0.105. The molecular weight excluding hydrogens is 520 g/mol. The zero-order chi connectivity index (χ0) is 26.9. The van der Waals surface area contributed by atoms with E-state index in [1.54, 1.807) is 49.4 Å². The number of ketones is 1. The molecule has 1 fully saturated rings. The maximum absolute atomic E-state index is 13.4. The first-order valence-electron chi connectivity index (χ1n) is 11.1. The van der Waals surface area contributed by atoms with Gasteiger partial charge in [0.25, 0.3) is 5.78 Å². The Kier molecular flexibility index (Phi) is 7.51. The number of hydrogen-bond donors (Lipinski definition) is 1. The van der Waals surface area contributed by atoms with Crippen molar-refractivity contribution in [1.82, 2.24) is 4.98 Å². The number of halogens is 1. The number of Topliss-reactive ketones (excluding diaryl/α,β-unsaturated/α-hetero) is 1. The SMILES string of the molecule is CCOc1ccc([C@@H]2/C(=C(\O)c3ccc(Cl)cc3)C(=O)C(=O)N2c2nc(C)c(C(=O)OC)s2)cc1OC. The van der Waals surface area contributed by atoms with Crippen LogP contribution < -0.4 is 14.4 Å². The number of amides is 1. The molecular formula is C26H23ClN2O7S. The van der Waals surface area contributed by atoms with Crippen LogP contribution in [0.3, 0.4) is 0 Å². The summed E-state index contributed by atoms with van der Waals surface area (Å²) in [4.78, 5) is 44.7. The second-order valence-electron chi connectivity index (χ2n) is 7.92. The van der Waals surface area contributed by atoms with Crippen LogP contribution in [0.25, 0.3) is 5.76 Å². The molecule has 2 aromatic carbocycles. The summed E-state index contributed by atoms with van der Waals surface area (Å²) in [7, 11) is 2.71. The van der Waals surface area contributed by atoms with Gasteiger partial charge in [0.05, 0.1) is 38.1 Å². The van der Waals surface area contributed by atoms with Crippen LogP contribution >= 0.6 is 22.9 Å². The van der Waals surface area contributed by atoms with Crippen LogP contribution in [0, 0.1) is 6.92 Å². The van der Waals surface area contributed by atoms with E-state index in [4.69, 9.17) is 25.8 Å². The van der Waals surface area contributed by atoms with Gasteiger partial charge < -0.3 is 19.3 Å². The number of carbonyl (C=O) groups is 3. The van der Waals surface area contributed by atoms with E-state index in [0.717, 1.165) is 11.3 Å². The predicted octanol–water partition coefficient (Wildman–Crippen LogP) is 4.93. The summed E-state index contributed by atoms with van der Waals surface area (Å²) >= 11 is 6.90. The van der Waals surface area contributed by atoms with Gasteiger partial charge in [-0.25, -0.2) is 9.78 Å². The van der Waals surface area contributed by atoms with Crippen LogP contribution in [-0.4, -0.2) is 48.6 Å². The van der Waals surface area contributed by atoms with Gasteiger partial charge in [-0.15, -0.1) is 0 Å². The topological polar surface area (TPSA) is 115 Å². The van der Waals surface area contributed by atoms with Crippen molar-refractivity contribution in [1.29, 1.82) is 0 Å². The number of ether oxygens (including phenoxy) is 3. The van der Waals surface area contributed by atoms with E-state index in [1.165, 1.54) is 19.1 Å². The third kappa shape index (κ3) is 4.77. The van der Waals surface area contributed by atoms with Crippen LogP contribution in [0.2, 0.25) is 5.02 Å². The predicted molar refractivity (Wildman–Crippen MR) is 139 cm³/mol. The Balaban J connectivity index is 1.95. The van der Waals surface area contributed by atoms with Crippen molar-refractivity contribution in [2.45, 2.75) is 19.9 Å². The first-order chi connectivity index (χ1) is 17.7. The third-order valence-corrected chi connectivity index (χ3v) is 7.12. The number of nitrogens with zero attached hydrogens (tertiary/aromatic N) is 2. The monoisotopic (exact) mass is 542 g/mol. The van der Waals surface area contributed by atoms with Crippen LogP contribution in [-0.2, 0) is 14.3 Å². The quantitative estimate of drug-likeness (QED) is 0.193. The van der Waals surface area contributed by atoms with Crippen molar-refractivity contribution in [3.63, 3.8) is 0 Å². The molecule has 1 aliphatic heterocycles. The van der Waals surface area contributed by atoms with E-state index in [0.29, 0.717) is 39.9 Å². The number of aliphatic hydroxyl groups excluding tert-OH is 1. The van der Waals surface area contributed by atoms with Crippen LogP contribution in [0.5, 0.6) is 11.5 Å². The molecule has 1 atom stereocenters. The van der Waals surface area contributed by atoms with Crippen molar-refractivity contribution < 1.29 is 33.7 Å². The van der Waals surface area contributed by atoms with Gasteiger partial charge in [-0.2, -0.15) is 0 Å². The lowest BCUT2D eigenvalue weighted by molar-refractivity contribution is -0.132. The highest BCUT2D eigenvalue weighted by Crippen LogP contribution is 2.45. The lowest BCUT2D eigenvalue weighted by Crippen LogP contribution is -2.29. The molecule has 2 heterocycles. The fourth-order valence-electron chi connectivity index (χ4n) is 4.00. The zero-order valence-corrected chi connectivity index (χ0v) is 22.0. The smallest absolute Gasteiger partial charge is 0.350 e. The number of rotatable bonds is 7. The van der Waals surface area contributed by atoms with E-state index >= 15 is 0 Å². The molecule has 1 aromatic heterocycles. The van der Waals surface area contributed by atoms with E-state index < -0.39 is 23.7 Å². The highest BCUT2D eigenvalue weighted by Gasteiger charge is 2.48. The molecule has 192 valence electrons. The summed E-state index contributed by atoms with van der Waals surface area (Å²) in [6.07, 6.45) is 0. The minimum atomic E-state index is -1.07. The number of thiazole rings is 1. The molecule has 0 unspecified atom stereocenters. The molecule has 0 bridgehead atoms. The number of benzene rings is 2. The summed E-state index contributed by atoms with van der Waals surface area (Å²) < 4.78 is 15.9. The van der Waals surface area contributed by atoms with Gasteiger partial charge in [-0.1, -0.05) is 29.0 Å². The Labute approximate surface area is 221 Å². The summed E-state index contributed by atoms with van der Waals surface area (Å²) in [5.74, 6) is -1.95. The number of anilines is 1. The van der Waals surface area contributed by atoms with Gasteiger partial charge in [-0.3, -0.25) is 14.5 Å². The molecule has 4 rings (SSSR count). The van der Waals surface area contributed by atoms with Crippen molar-refractivity contribution in [3.8, 4) is 11.5 Å². The van der Waals surface area contributed by atoms with Crippen molar-refractivity contribution in [2.24, 2.45) is 0 Å². The largest absolute Gasteiger partial charge is 0.507 e. The van der Waals surface area contributed by atoms with Crippen molar-refractivity contribution in [3.05, 3.63) is 74.8 Å². The summed E-state index contributed by atoms with van der Waals surface area (Å²) in [5.41, 5.74) is 0.957. The number of hydrogen-bond acceptors (Lipinski definition) is 9. The molecule has 9 nitrogen and oxygen atoms in total. The van der Waals surface area contributed by atoms with Gasteiger partial charge in [0.15, 0.2) is 16.6 Å². The number of carbonyl (C=O) groups excluding carboxylic acids is 3. The lowest BCUT2D eigenvalue weighted by atomic mass is 9.95. The number of aliphatic hydroxyl groups is 1. The first kappa shape index (κ1) is 26.2. The fourth-order valence-corrected chi connectivity index (χ4v) is 5.14. The normalized spacial score (nSPS) is 16.7. The first-order valence-corrected chi connectivity index (χ1v) is 12.3.